The molecule has 0 fully saturated rings. The summed E-state index contributed by atoms with van der Waals surface area (Å²) in [5.74, 6) is 0.659. The Morgan fingerprint density at radius 2 is 2.25 bits per heavy atom. The van der Waals surface area contributed by atoms with Crippen LogP contribution in [0.25, 0.3) is 11.0 Å². The maximum Gasteiger partial charge on any atom is 0.125 e. The van der Waals surface area contributed by atoms with Gasteiger partial charge in [0.25, 0.3) is 0 Å². The SMILES string of the molecule is CCC(N)Cc1nc2cc(F)ccc2n1C. The maximum absolute atomic E-state index is 13.0. The Hall–Kier alpha value is -1.42. The van der Waals surface area contributed by atoms with Gasteiger partial charge in [0.1, 0.15) is 11.6 Å². The van der Waals surface area contributed by atoms with E-state index in [1.165, 1.54) is 12.1 Å². The second-order valence-corrected chi connectivity index (χ2v) is 4.09. The van der Waals surface area contributed by atoms with Crippen molar-refractivity contribution in [2.24, 2.45) is 12.8 Å². The van der Waals surface area contributed by atoms with Crippen molar-refractivity contribution in [1.82, 2.24) is 9.55 Å². The molecule has 1 aromatic carbocycles. The standard InChI is InChI=1S/C12H16FN3/c1-3-9(14)7-12-15-10-6-8(13)4-5-11(10)16(12)2/h4-6,9H,3,7,14H2,1-2H3. The lowest BCUT2D eigenvalue weighted by atomic mass is 10.1. The van der Waals surface area contributed by atoms with Gasteiger partial charge in [-0.25, -0.2) is 9.37 Å². The Morgan fingerprint density at radius 1 is 1.50 bits per heavy atom. The van der Waals surface area contributed by atoms with Crippen LogP contribution in [0.15, 0.2) is 18.2 Å². The quantitative estimate of drug-likeness (QED) is 0.861. The molecule has 1 atom stereocenters. The lowest BCUT2D eigenvalue weighted by molar-refractivity contribution is 0.612. The predicted octanol–water partition coefficient (Wildman–Crippen LogP) is 1.99. The van der Waals surface area contributed by atoms with E-state index in [2.05, 4.69) is 4.98 Å². The van der Waals surface area contributed by atoms with Crippen molar-refractivity contribution in [3.8, 4) is 0 Å². The van der Waals surface area contributed by atoms with Crippen molar-refractivity contribution < 1.29 is 4.39 Å². The van der Waals surface area contributed by atoms with Crippen molar-refractivity contribution in [3.05, 3.63) is 29.8 Å². The van der Waals surface area contributed by atoms with E-state index in [-0.39, 0.29) is 11.9 Å². The van der Waals surface area contributed by atoms with Crippen LogP contribution < -0.4 is 5.73 Å². The van der Waals surface area contributed by atoms with Crippen molar-refractivity contribution in [3.63, 3.8) is 0 Å². The van der Waals surface area contributed by atoms with Gasteiger partial charge in [0.2, 0.25) is 0 Å². The fourth-order valence-corrected chi connectivity index (χ4v) is 1.78. The van der Waals surface area contributed by atoms with Gasteiger partial charge in [0.05, 0.1) is 11.0 Å². The molecule has 2 N–H and O–H groups in total. The Bertz CT molecular complexity index is 504. The van der Waals surface area contributed by atoms with Crippen LogP contribution in [0.3, 0.4) is 0 Å². The molecule has 1 heterocycles. The lowest BCUT2D eigenvalue weighted by Gasteiger charge is -2.07. The molecule has 0 aliphatic carbocycles. The topological polar surface area (TPSA) is 43.8 Å². The van der Waals surface area contributed by atoms with Crippen molar-refractivity contribution in [2.45, 2.75) is 25.8 Å². The van der Waals surface area contributed by atoms with Crippen molar-refractivity contribution in [2.75, 3.05) is 0 Å². The number of halogens is 1. The molecular weight excluding hydrogens is 205 g/mol. The molecule has 1 unspecified atom stereocenters. The van der Waals surface area contributed by atoms with Gasteiger partial charge in [-0.1, -0.05) is 6.92 Å². The van der Waals surface area contributed by atoms with E-state index in [1.807, 2.05) is 18.5 Å². The summed E-state index contributed by atoms with van der Waals surface area (Å²) in [6, 6.07) is 4.77. The second-order valence-electron chi connectivity index (χ2n) is 4.09. The first-order chi connectivity index (χ1) is 7.61. The monoisotopic (exact) mass is 221 g/mol. The summed E-state index contributed by atoms with van der Waals surface area (Å²) in [7, 11) is 1.94. The zero-order valence-electron chi connectivity index (χ0n) is 9.57. The third-order valence-electron chi connectivity index (χ3n) is 2.90. The largest absolute Gasteiger partial charge is 0.331 e. The molecule has 0 aliphatic rings. The minimum atomic E-state index is -0.253. The summed E-state index contributed by atoms with van der Waals surface area (Å²) in [5.41, 5.74) is 7.54. The Kier molecular flexibility index (Phi) is 2.92. The number of rotatable bonds is 3. The van der Waals surface area contributed by atoms with Gasteiger partial charge >= 0.3 is 0 Å². The average molecular weight is 221 g/mol. The number of fused-ring (bicyclic) bond motifs is 1. The Morgan fingerprint density at radius 3 is 2.94 bits per heavy atom. The third-order valence-corrected chi connectivity index (χ3v) is 2.90. The molecule has 0 aliphatic heterocycles. The predicted molar refractivity (Wildman–Crippen MR) is 62.6 cm³/mol. The Balaban J connectivity index is 2.43. The number of aromatic nitrogens is 2. The molecule has 0 saturated carbocycles. The van der Waals surface area contributed by atoms with Crippen LogP contribution in [0.5, 0.6) is 0 Å². The molecule has 0 spiro atoms. The van der Waals surface area contributed by atoms with Gasteiger partial charge in [-0.2, -0.15) is 0 Å². The molecule has 0 amide bonds. The van der Waals surface area contributed by atoms with Crippen molar-refractivity contribution in [1.29, 1.82) is 0 Å². The molecule has 0 radical (unpaired) electrons. The molecule has 0 bridgehead atoms. The zero-order chi connectivity index (χ0) is 11.7. The average Bonchev–Trinajstić information content (AvgIpc) is 2.55. The fourth-order valence-electron chi connectivity index (χ4n) is 1.78. The van der Waals surface area contributed by atoms with Crippen LogP contribution in [-0.4, -0.2) is 15.6 Å². The molecule has 2 rings (SSSR count). The normalized spacial score (nSPS) is 13.2. The van der Waals surface area contributed by atoms with E-state index in [4.69, 9.17) is 5.73 Å². The van der Waals surface area contributed by atoms with Crippen LogP contribution in [0.1, 0.15) is 19.2 Å². The minimum Gasteiger partial charge on any atom is -0.331 e. The number of imidazole rings is 1. The van der Waals surface area contributed by atoms with E-state index in [0.29, 0.717) is 5.52 Å². The first kappa shape index (κ1) is 11.1. The third kappa shape index (κ3) is 1.93. The van der Waals surface area contributed by atoms with Gasteiger partial charge < -0.3 is 10.3 Å². The molecular formula is C12H16FN3. The van der Waals surface area contributed by atoms with E-state index >= 15 is 0 Å². The number of hydrogen-bond acceptors (Lipinski definition) is 2. The number of nitrogens with two attached hydrogens (primary N) is 1. The highest BCUT2D eigenvalue weighted by Crippen LogP contribution is 2.17. The summed E-state index contributed by atoms with van der Waals surface area (Å²) in [6.45, 7) is 2.05. The van der Waals surface area contributed by atoms with Gasteiger partial charge in [-0.05, 0) is 18.6 Å². The molecule has 16 heavy (non-hydrogen) atoms. The van der Waals surface area contributed by atoms with Gasteiger partial charge in [-0.3, -0.25) is 0 Å². The number of nitrogens with zero attached hydrogens (tertiary/aromatic N) is 2. The first-order valence-electron chi connectivity index (χ1n) is 5.48. The molecule has 1 aromatic heterocycles. The van der Waals surface area contributed by atoms with Crippen LogP contribution >= 0.6 is 0 Å². The summed E-state index contributed by atoms with van der Waals surface area (Å²) >= 11 is 0. The first-order valence-corrected chi connectivity index (χ1v) is 5.48. The number of hydrogen-bond donors (Lipinski definition) is 1. The summed E-state index contributed by atoms with van der Waals surface area (Å²) < 4.78 is 15.0. The van der Waals surface area contributed by atoms with E-state index in [1.54, 1.807) is 6.07 Å². The van der Waals surface area contributed by atoms with E-state index < -0.39 is 0 Å². The van der Waals surface area contributed by atoms with Crippen LogP contribution in [0, 0.1) is 5.82 Å². The second kappa shape index (κ2) is 4.22. The highest BCUT2D eigenvalue weighted by atomic mass is 19.1. The van der Waals surface area contributed by atoms with E-state index in [9.17, 15) is 4.39 Å². The van der Waals surface area contributed by atoms with Gasteiger partial charge in [-0.15, -0.1) is 0 Å². The summed E-state index contributed by atoms with van der Waals surface area (Å²) in [4.78, 5) is 4.40. The van der Waals surface area contributed by atoms with Gasteiger partial charge in [0.15, 0.2) is 0 Å². The molecule has 4 heteroatoms. The van der Waals surface area contributed by atoms with Crippen molar-refractivity contribution >= 4 is 11.0 Å². The highest BCUT2D eigenvalue weighted by molar-refractivity contribution is 5.75. The van der Waals surface area contributed by atoms with Crippen LogP contribution in [0.4, 0.5) is 4.39 Å². The van der Waals surface area contributed by atoms with Crippen LogP contribution in [-0.2, 0) is 13.5 Å². The molecule has 3 nitrogen and oxygen atoms in total. The molecule has 86 valence electrons. The highest BCUT2D eigenvalue weighted by Gasteiger charge is 2.10. The van der Waals surface area contributed by atoms with Crippen LogP contribution in [0.2, 0.25) is 0 Å². The maximum atomic E-state index is 13.0. The van der Waals surface area contributed by atoms with E-state index in [0.717, 1.165) is 24.2 Å². The molecule has 2 aromatic rings. The smallest absolute Gasteiger partial charge is 0.125 e. The summed E-state index contributed by atoms with van der Waals surface area (Å²) in [5, 5.41) is 0. The molecule has 0 saturated heterocycles. The fraction of sp³-hybridized carbons (Fsp3) is 0.417. The zero-order valence-corrected chi connectivity index (χ0v) is 9.57. The number of benzene rings is 1. The minimum absolute atomic E-state index is 0.111. The Labute approximate surface area is 94.1 Å². The van der Waals surface area contributed by atoms with Gasteiger partial charge in [0, 0.05) is 25.6 Å². The lowest BCUT2D eigenvalue weighted by Crippen LogP contribution is -2.23. The number of aryl methyl sites for hydroxylation is 1. The summed E-state index contributed by atoms with van der Waals surface area (Å²) in [6.07, 6.45) is 1.64.